The molecule has 2 nitrogen and oxygen atoms in total. The maximum atomic E-state index is 3.98. The first-order valence-corrected chi connectivity index (χ1v) is 10.3. The van der Waals surface area contributed by atoms with Gasteiger partial charge in [-0.1, -0.05) is 45.4 Å². The average molecular weight is 307 g/mol. The molecule has 2 unspecified atom stereocenters. The van der Waals surface area contributed by atoms with Gasteiger partial charge in [-0.3, -0.25) is 4.90 Å². The van der Waals surface area contributed by atoms with Gasteiger partial charge in [-0.15, -0.1) is 0 Å². The van der Waals surface area contributed by atoms with E-state index in [0.717, 1.165) is 23.9 Å². The molecule has 0 bridgehead atoms. The first-order valence-electron chi connectivity index (χ1n) is 10.3. The van der Waals surface area contributed by atoms with E-state index in [9.17, 15) is 0 Å². The minimum atomic E-state index is 0.771. The molecular formula is C20H38N2. The summed E-state index contributed by atoms with van der Waals surface area (Å²) in [6, 6.07) is 1.68. The van der Waals surface area contributed by atoms with E-state index in [4.69, 9.17) is 0 Å². The van der Waals surface area contributed by atoms with E-state index in [1.54, 1.807) is 0 Å². The lowest BCUT2D eigenvalue weighted by Crippen LogP contribution is -2.53. The summed E-state index contributed by atoms with van der Waals surface area (Å²) in [6.45, 7) is 6.38. The van der Waals surface area contributed by atoms with Crippen molar-refractivity contribution < 1.29 is 0 Å². The molecule has 128 valence electrons. The smallest absolute Gasteiger partial charge is 0.0198 e. The van der Waals surface area contributed by atoms with Gasteiger partial charge in [0.25, 0.3) is 0 Å². The molecule has 3 fully saturated rings. The summed E-state index contributed by atoms with van der Waals surface area (Å²) in [6.07, 6.45) is 17.5. The number of nitrogens with zero attached hydrogens (tertiary/aromatic N) is 1. The van der Waals surface area contributed by atoms with Crippen molar-refractivity contribution in [1.82, 2.24) is 10.2 Å². The van der Waals surface area contributed by atoms with Crippen LogP contribution in [0.25, 0.3) is 0 Å². The van der Waals surface area contributed by atoms with Crippen molar-refractivity contribution in [3.05, 3.63) is 0 Å². The van der Waals surface area contributed by atoms with Gasteiger partial charge in [0.1, 0.15) is 0 Å². The Morgan fingerprint density at radius 3 is 2.32 bits per heavy atom. The Morgan fingerprint density at radius 1 is 0.864 bits per heavy atom. The highest BCUT2D eigenvalue weighted by Gasteiger charge is 2.31. The van der Waals surface area contributed by atoms with E-state index >= 15 is 0 Å². The number of piperidine rings is 1. The zero-order valence-electron chi connectivity index (χ0n) is 14.9. The highest BCUT2D eigenvalue weighted by molar-refractivity contribution is 4.88. The van der Waals surface area contributed by atoms with Gasteiger partial charge in [0, 0.05) is 25.2 Å². The van der Waals surface area contributed by atoms with Crippen molar-refractivity contribution in [2.24, 2.45) is 11.8 Å². The minimum Gasteiger partial charge on any atom is -0.312 e. The molecule has 1 N–H and O–H groups in total. The van der Waals surface area contributed by atoms with Crippen LogP contribution in [0, 0.1) is 11.8 Å². The van der Waals surface area contributed by atoms with Gasteiger partial charge in [0.2, 0.25) is 0 Å². The third-order valence-corrected chi connectivity index (χ3v) is 6.52. The number of rotatable bonds is 6. The molecule has 0 aromatic rings. The molecule has 1 aliphatic heterocycles. The van der Waals surface area contributed by atoms with Gasteiger partial charge in [-0.2, -0.15) is 0 Å². The van der Waals surface area contributed by atoms with Gasteiger partial charge in [0.15, 0.2) is 0 Å². The molecule has 22 heavy (non-hydrogen) atoms. The second-order valence-corrected chi connectivity index (χ2v) is 8.39. The van der Waals surface area contributed by atoms with Crippen LogP contribution in [-0.4, -0.2) is 36.6 Å². The Balaban J connectivity index is 1.51. The largest absolute Gasteiger partial charge is 0.312 e. The van der Waals surface area contributed by atoms with Crippen LogP contribution in [0.4, 0.5) is 0 Å². The second-order valence-electron chi connectivity index (χ2n) is 8.39. The fraction of sp³-hybridized carbons (Fsp3) is 1.00. The zero-order chi connectivity index (χ0) is 15.2. The molecule has 0 spiro atoms. The van der Waals surface area contributed by atoms with Crippen molar-refractivity contribution in [1.29, 1.82) is 0 Å². The van der Waals surface area contributed by atoms with Crippen LogP contribution in [0.5, 0.6) is 0 Å². The zero-order valence-corrected chi connectivity index (χ0v) is 14.9. The Bertz CT molecular complexity index is 305. The Morgan fingerprint density at radius 2 is 1.59 bits per heavy atom. The van der Waals surface area contributed by atoms with Gasteiger partial charge in [-0.25, -0.2) is 0 Å². The summed E-state index contributed by atoms with van der Waals surface area (Å²) < 4.78 is 0. The van der Waals surface area contributed by atoms with Crippen molar-refractivity contribution in [2.45, 2.75) is 96.1 Å². The van der Waals surface area contributed by atoms with E-state index in [-0.39, 0.29) is 0 Å². The van der Waals surface area contributed by atoms with E-state index in [2.05, 4.69) is 17.1 Å². The average Bonchev–Trinajstić information content (AvgIpc) is 3.07. The van der Waals surface area contributed by atoms with Crippen LogP contribution < -0.4 is 5.32 Å². The molecule has 2 saturated carbocycles. The van der Waals surface area contributed by atoms with Crippen molar-refractivity contribution in [3.63, 3.8) is 0 Å². The van der Waals surface area contributed by atoms with Crippen LogP contribution in [0.1, 0.15) is 84.0 Å². The van der Waals surface area contributed by atoms with Crippen molar-refractivity contribution in [2.75, 3.05) is 19.6 Å². The van der Waals surface area contributed by atoms with E-state index < -0.39 is 0 Å². The van der Waals surface area contributed by atoms with Crippen molar-refractivity contribution in [3.8, 4) is 0 Å². The lowest BCUT2D eigenvalue weighted by Gasteiger charge is -2.44. The molecule has 2 aliphatic carbocycles. The van der Waals surface area contributed by atoms with Crippen LogP contribution in [0.3, 0.4) is 0 Å². The number of nitrogens with one attached hydrogen (secondary N) is 1. The Kier molecular flexibility index (Phi) is 6.62. The van der Waals surface area contributed by atoms with E-state index in [0.29, 0.717) is 0 Å². The van der Waals surface area contributed by atoms with Gasteiger partial charge < -0.3 is 5.32 Å². The van der Waals surface area contributed by atoms with Crippen LogP contribution in [0.2, 0.25) is 0 Å². The standard InChI is InChI=1S/C20H38N2/c1-2-8-18-13-19(21-14-17-9-6-7-10-17)16-22(15-18)20-11-4-3-5-12-20/h17-21H,2-16H2,1H3. The Labute approximate surface area is 138 Å². The van der Waals surface area contributed by atoms with Crippen LogP contribution in [-0.2, 0) is 0 Å². The number of hydrogen-bond donors (Lipinski definition) is 1. The highest BCUT2D eigenvalue weighted by atomic mass is 15.2. The van der Waals surface area contributed by atoms with Gasteiger partial charge >= 0.3 is 0 Å². The van der Waals surface area contributed by atoms with E-state index in [1.165, 1.54) is 96.7 Å². The first-order chi connectivity index (χ1) is 10.8. The third-order valence-electron chi connectivity index (χ3n) is 6.52. The summed E-state index contributed by atoms with van der Waals surface area (Å²) in [5.41, 5.74) is 0. The fourth-order valence-corrected chi connectivity index (χ4v) is 5.30. The monoisotopic (exact) mass is 306 g/mol. The highest BCUT2D eigenvalue weighted by Crippen LogP contribution is 2.30. The SMILES string of the molecule is CCCC1CC(NCC2CCCC2)CN(C2CCCCC2)C1. The maximum Gasteiger partial charge on any atom is 0.0198 e. The summed E-state index contributed by atoms with van der Waals surface area (Å²) in [5.74, 6) is 1.93. The second kappa shape index (κ2) is 8.68. The molecule has 3 rings (SSSR count). The minimum absolute atomic E-state index is 0.771. The molecule has 0 amide bonds. The lowest BCUT2D eigenvalue weighted by molar-refractivity contribution is 0.0733. The fourth-order valence-electron chi connectivity index (χ4n) is 5.30. The summed E-state index contributed by atoms with van der Waals surface area (Å²) in [4.78, 5) is 2.88. The lowest BCUT2D eigenvalue weighted by atomic mass is 9.86. The van der Waals surface area contributed by atoms with Gasteiger partial charge in [-0.05, 0) is 56.9 Å². The number of hydrogen-bond acceptors (Lipinski definition) is 2. The molecule has 1 heterocycles. The summed E-state index contributed by atoms with van der Waals surface area (Å²) in [7, 11) is 0. The maximum absolute atomic E-state index is 3.98. The molecule has 2 heteroatoms. The molecule has 2 atom stereocenters. The molecule has 1 saturated heterocycles. The van der Waals surface area contributed by atoms with Crippen LogP contribution in [0.15, 0.2) is 0 Å². The summed E-state index contributed by atoms with van der Waals surface area (Å²) >= 11 is 0. The molecular weight excluding hydrogens is 268 g/mol. The van der Waals surface area contributed by atoms with Crippen molar-refractivity contribution >= 4 is 0 Å². The quantitative estimate of drug-likeness (QED) is 0.772. The van der Waals surface area contributed by atoms with Crippen LogP contribution >= 0.6 is 0 Å². The topological polar surface area (TPSA) is 15.3 Å². The normalized spacial score (nSPS) is 32.6. The number of likely N-dealkylation sites (tertiary alicyclic amines) is 1. The summed E-state index contributed by atoms with van der Waals surface area (Å²) in [5, 5.41) is 3.98. The third kappa shape index (κ3) is 4.71. The first kappa shape index (κ1) is 16.8. The molecule has 0 aromatic carbocycles. The van der Waals surface area contributed by atoms with E-state index in [1.807, 2.05) is 0 Å². The molecule has 0 aromatic heterocycles. The van der Waals surface area contributed by atoms with Gasteiger partial charge in [0.05, 0.1) is 0 Å². The predicted octanol–water partition coefficient (Wildman–Crippen LogP) is 4.59. The predicted molar refractivity (Wildman–Crippen MR) is 95.2 cm³/mol. The Hall–Kier alpha value is -0.0800. The molecule has 3 aliphatic rings. The molecule has 0 radical (unpaired) electrons.